The maximum absolute atomic E-state index is 9.44. The lowest BCUT2D eigenvalue weighted by molar-refractivity contribution is -0.849. The molecule has 0 bridgehead atoms. The second-order valence-electron chi connectivity index (χ2n) is 8.83. The summed E-state index contributed by atoms with van der Waals surface area (Å²) in [6.45, 7) is 2.86. The van der Waals surface area contributed by atoms with E-state index in [1.807, 2.05) is 0 Å². The second kappa shape index (κ2) is 12.0. The smallest absolute Gasteiger partial charge is 0.0675 e. The van der Waals surface area contributed by atoms with Gasteiger partial charge in [-0.2, -0.15) is 0 Å². The van der Waals surface area contributed by atoms with E-state index in [1.54, 1.807) is 0 Å². The molecule has 0 aliphatic carbocycles. The number of hydrogen-bond acceptors (Lipinski definition) is 4. The number of nitrogens with zero attached hydrogens (tertiary/aromatic N) is 3. The van der Waals surface area contributed by atoms with Crippen LogP contribution in [0, 0.1) is 0 Å². The first-order valence-corrected chi connectivity index (χ1v) is 8.46. The zero-order valence-corrected chi connectivity index (χ0v) is 17.8. The Kier molecular flexibility index (Phi) is 16.1. The molecule has 0 aromatic heterocycles. The zero-order valence-electron chi connectivity index (χ0n) is 16.8. The van der Waals surface area contributed by atoms with E-state index in [9.17, 15) is 14.4 Å². The van der Waals surface area contributed by atoms with E-state index in [0.29, 0.717) is 6.26 Å². The molecule has 0 aliphatic rings. The molecule has 22 heavy (non-hydrogen) atoms. The predicted octanol–water partition coefficient (Wildman–Crippen LogP) is -2.37. The molecule has 0 rings (SSSR count). The highest BCUT2D eigenvalue weighted by atomic mass is 28.4. The molecule has 8 heteroatoms. The monoisotopic (exact) mass is 341 g/mol. The van der Waals surface area contributed by atoms with Gasteiger partial charge in [-0.15, -0.1) is 0 Å². The molecule has 0 atom stereocenters. The maximum Gasteiger partial charge on any atom is 0.0675 e. The quantitative estimate of drug-likeness (QED) is 0.319. The second-order valence-corrected chi connectivity index (χ2v) is 10.1. The van der Waals surface area contributed by atoms with Crippen molar-refractivity contribution in [3.05, 3.63) is 12.8 Å². The fraction of sp³-hybridized carbons (Fsp3) is 0.857. The fourth-order valence-electron chi connectivity index (χ4n) is 0.102. The summed E-state index contributed by atoms with van der Waals surface area (Å²) >= 11 is 0. The van der Waals surface area contributed by atoms with Crippen LogP contribution in [0.15, 0.2) is 12.8 Å². The van der Waals surface area contributed by atoms with Crippen molar-refractivity contribution in [3.8, 4) is 0 Å². The molecule has 0 saturated heterocycles. The van der Waals surface area contributed by atoms with Gasteiger partial charge in [0, 0.05) is 0 Å². The van der Waals surface area contributed by atoms with Gasteiger partial charge in [0.2, 0.25) is 0 Å². The molecule has 0 aromatic rings. The van der Waals surface area contributed by atoms with Gasteiger partial charge in [-0.1, -0.05) is 6.58 Å². The third kappa shape index (κ3) is 541. The third-order valence-corrected chi connectivity index (χ3v) is 0.683. The highest BCUT2D eigenvalue weighted by Gasteiger charge is 1.89. The van der Waals surface area contributed by atoms with Crippen molar-refractivity contribution in [1.29, 1.82) is 0 Å². The van der Waals surface area contributed by atoms with Gasteiger partial charge in [0.05, 0.1) is 90.8 Å². The van der Waals surface area contributed by atoms with Gasteiger partial charge >= 0.3 is 0 Å². The Morgan fingerprint density at radius 1 is 0.636 bits per heavy atom. The minimum atomic E-state index is -5.03. The van der Waals surface area contributed by atoms with Crippen LogP contribution < -0.4 is 14.4 Å². The lowest BCUT2D eigenvalue weighted by atomic mass is 10.8. The highest BCUT2D eigenvalue weighted by molar-refractivity contribution is 6.42. The van der Waals surface area contributed by atoms with Crippen molar-refractivity contribution in [3.63, 3.8) is 0 Å². The van der Waals surface area contributed by atoms with Crippen LogP contribution in [0.5, 0.6) is 0 Å². The Morgan fingerprint density at radius 2 is 0.773 bits per heavy atom. The van der Waals surface area contributed by atoms with Crippen molar-refractivity contribution >= 4 is 9.05 Å². The van der Waals surface area contributed by atoms with Crippen molar-refractivity contribution < 1.29 is 32.3 Å². The zero-order chi connectivity index (χ0) is 19.4. The molecule has 0 heterocycles. The van der Waals surface area contributed by atoms with Crippen molar-refractivity contribution in [2.24, 2.45) is 0 Å². The molecule has 0 unspecified atom stereocenters. The standard InChI is InChI=1S/3C4H12N.C2H3O4Si/c3*1-5(2,3)4;1-2-6-7(3,4)5/h3*1-4H3;2H,1H2/q3*+1;-3. The minimum absolute atomic E-state index is 0.583. The van der Waals surface area contributed by atoms with Crippen LogP contribution in [0.25, 0.3) is 0 Å². The van der Waals surface area contributed by atoms with Crippen molar-refractivity contribution in [2.75, 3.05) is 84.6 Å². The molecule has 7 nitrogen and oxygen atoms in total. The molecule has 0 saturated carbocycles. The van der Waals surface area contributed by atoms with Gasteiger partial charge in [-0.25, -0.2) is 0 Å². The van der Waals surface area contributed by atoms with Crippen LogP contribution in [0.4, 0.5) is 0 Å². The van der Waals surface area contributed by atoms with E-state index in [4.69, 9.17) is 0 Å². The molecule has 0 spiro atoms. The van der Waals surface area contributed by atoms with E-state index < -0.39 is 9.05 Å². The van der Waals surface area contributed by atoms with Gasteiger partial charge in [0.25, 0.3) is 0 Å². The summed E-state index contributed by atoms with van der Waals surface area (Å²) in [5.74, 6) is 0. The highest BCUT2D eigenvalue weighted by Crippen LogP contribution is 1.74. The van der Waals surface area contributed by atoms with Gasteiger partial charge in [-0.3, -0.25) is 0 Å². The molecule has 138 valence electrons. The van der Waals surface area contributed by atoms with Gasteiger partial charge in [-0.05, 0) is 9.05 Å². The first kappa shape index (κ1) is 29.5. The van der Waals surface area contributed by atoms with Crippen LogP contribution in [-0.2, 0) is 4.43 Å². The summed E-state index contributed by atoms with van der Waals surface area (Å²) in [6, 6.07) is 0. The summed E-state index contributed by atoms with van der Waals surface area (Å²) in [5.41, 5.74) is 0. The summed E-state index contributed by atoms with van der Waals surface area (Å²) in [6.07, 6.45) is 0.583. The summed E-state index contributed by atoms with van der Waals surface area (Å²) in [7, 11) is 20.5. The predicted molar refractivity (Wildman–Crippen MR) is 88.9 cm³/mol. The largest absolute Gasteiger partial charge is 0.851 e. The van der Waals surface area contributed by atoms with E-state index in [0.717, 1.165) is 13.4 Å². The van der Waals surface area contributed by atoms with Crippen LogP contribution in [0.3, 0.4) is 0 Å². The van der Waals surface area contributed by atoms with Gasteiger partial charge in [0.1, 0.15) is 0 Å². The van der Waals surface area contributed by atoms with E-state index >= 15 is 0 Å². The average Bonchev–Trinajstić information content (AvgIpc) is 1.88. The van der Waals surface area contributed by atoms with Crippen LogP contribution in [0.2, 0.25) is 0 Å². The molecule has 0 aromatic carbocycles. The first-order valence-electron chi connectivity index (χ1n) is 6.83. The lowest BCUT2D eigenvalue weighted by Crippen LogP contribution is -2.74. The Morgan fingerprint density at radius 3 is 0.773 bits per heavy atom. The molecule has 0 N–H and O–H groups in total. The molecule has 0 radical (unpaired) electrons. The Balaban J connectivity index is -0.0000000995. The van der Waals surface area contributed by atoms with E-state index in [1.165, 1.54) is 0 Å². The summed E-state index contributed by atoms with van der Waals surface area (Å²) in [4.78, 5) is 28.3. The van der Waals surface area contributed by atoms with Gasteiger partial charge in [0.15, 0.2) is 0 Å². The Hall–Kier alpha value is -0.483. The number of hydrogen-bond donors (Lipinski definition) is 0. The number of rotatable bonds is 2. The molecule has 0 amide bonds. The normalized spacial score (nSPS) is 11.6. The molecular weight excluding hydrogens is 302 g/mol. The average molecular weight is 342 g/mol. The number of quaternary nitrogens is 3. The topological polar surface area (TPSA) is 78.4 Å². The van der Waals surface area contributed by atoms with Gasteiger partial charge < -0.3 is 32.3 Å². The lowest BCUT2D eigenvalue weighted by Gasteiger charge is -2.52. The fourth-order valence-corrected chi connectivity index (χ4v) is 0.306. The van der Waals surface area contributed by atoms with Crippen LogP contribution in [0.1, 0.15) is 0 Å². The van der Waals surface area contributed by atoms with E-state index in [-0.39, 0.29) is 0 Å². The molecule has 0 fully saturated rings. The van der Waals surface area contributed by atoms with Crippen LogP contribution >= 0.6 is 0 Å². The van der Waals surface area contributed by atoms with Crippen molar-refractivity contribution in [2.45, 2.75) is 0 Å². The van der Waals surface area contributed by atoms with E-state index in [2.05, 4.69) is 95.6 Å². The SMILES string of the molecule is C=CO[Si]([O-])([O-])[O-].C[N+](C)(C)C.C[N+](C)(C)C.C[N+](C)(C)C. The molecule has 0 aliphatic heterocycles. The third-order valence-electron chi connectivity index (χ3n) is 0.228. The summed E-state index contributed by atoms with van der Waals surface area (Å²) in [5, 5.41) is 0. The minimum Gasteiger partial charge on any atom is -0.851 e. The maximum atomic E-state index is 9.44. The Labute approximate surface area is 139 Å². The molecular formula is C14H39N3O4Si. The van der Waals surface area contributed by atoms with Crippen molar-refractivity contribution in [1.82, 2.24) is 0 Å². The summed E-state index contributed by atoms with van der Waals surface area (Å²) < 4.78 is 6.47. The Bertz CT molecular complexity index is 215. The van der Waals surface area contributed by atoms with Crippen LogP contribution in [-0.4, -0.2) is 107 Å². The first-order chi connectivity index (χ1) is 9.06.